The number of hydrogen-bond acceptors (Lipinski definition) is 3. The largest absolute Gasteiger partial charge is 0.481 e. The highest BCUT2D eigenvalue weighted by Crippen LogP contribution is 2.46. The minimum absolute atomic E-state index is 0.0326. The molecule has 1 aromatic carbocycles. The molecule has 0 saturated carbocycles. The normalized spacial score (nSPS) is 22.7. The van der Waals surface area contributed by atoms with Crippen LogP contribution in [0, 0.1) is 0 Å². The molecular weight excluding hydrogens is 280 g/mol. The van der Waals surface area contributed by atoms with Gasteiger partial charge in [-0.15, -0.1) is 0 Å². The van der Waals surface area contributed by atoms with Crippen molar-refractivity contribution in [2.75, 3.05) is 10.2 Å². The summed E-state index contributed by atoms with van der Waals surface area (Å²) in [5.41, 5.74) is 3.19. The molecule has 0 bridgehead atoms. The maximum absolute atomic E-state index is 12.5. The number of allylic oxidation sites excluding steroid dienone is 1. The van der Waals surface area contributed by atoms with Crippen LogP contribution in [0.3, 0.4) is 0 Å². The van der Waals surface area contributed by atoms with Crippen LogP contribution in [0.4, 0.5) is 11.4 Å². The summed E-state index contributed by atoms with van der Waals surface area (Å²) in [5.74, 6) is -0.854. The van der Waals surface area contributed by atoms with Crippen LogP contribution < -0.4 is 10.2 Å². The average molecular weight is 300 g/mol. The number of carboxylic acid groups (broad SMARTS) is 1. The molecule has 5 heteroatoms. The number of nitrogens with one attached hydrogen (secondary N) is 1. The second-order valence-corrected chi connectivity index (χ2v) is 6.06. The van der Waals surface area contributed by atoms with Gasteiger partial charge in [-0.05, 0) is 43.9 Å². The van der Waals surface area contributed by atoms with Crippen molar-refractivity contribution >= 4 is 23.3 Å². The van der Waals surface area contributed by atoms with Gasteiger partial charge in [0.2, 0.25) is 0 Å². The zero-order chi connectivity index (χ0) is 15.9. The Morgan fingerprint density at radius 3 is 2.91 bits per heavy atom. The average Bonchev–Trinajstić information content (AvgIpc) is 2.83. The molecule has 2 heterocycles. The summed E-state index contributed by atoms with van der Waals surface area (Å²) >= 11 is 0. The van der Waals surface area contributed by atoms with E-state index >= 15 is 0 Å². The van der Waals surface area contributed by atoms with E-state index in [1.165, 1.54) is 0 Å². The molecule has 1 amide bonds. The summed E-state index contributed by atoms with van der Waals surface area (Å²) in [6, 6.07) is 6.08. The van der Waals surface area contributed by atoms with E-state index in [0.717, 1.165) is 29.1 Å². The maximum Gasteiger partial charge on any atom is 0.303 e. The summed E-state index contributed by atoms with van der Waals surface area (Å²) in [5, 5.41) is 11.9. The Kier molecular flexibility index (Phi) is 3.43. The molecule has 0 fully saturated rings. The molecule has 0 saturated heterocycles. The van der Waals surface area contributed by atoms with Gasteiger partial charge in [-0.2, -0.15) is 0 Å². The first kappa shape index (κ1) is 14.6. The van der Waals surface area contributed by atoms with Crippen molar-refractivity contribution < 1.29 is 14.7 Å². The lowest BCUT2D eigenvalue weighted by atomic mass is 9.93. The fraction of sp³-hybridized carbons (Fsp3) is 0.412. The van der Waals surface area contributed by atoms with Crippen LogP contribution in [-0.4, -0.2) is 22.5 Å². The number of carboxylic acids is 1. The lowest BCUT2D eigenvalue weighted by Gasteiger charge is -2.42. The number of rotatable bonds is 4. The van der Waals surface area contributed by atoms with Crippen LogP contribution in [0.25, 0.3) is 0 Å². The summed E-state index contributed by atoms with van der Waals surface area (Å²) in [7, 11) is 0. The number of benzene rings is 1. The smallest absolute Gasteiger partial charge is 0.303 e. The van der Waals surface area contributed by atoms with Gasteiger partial charge in [0.25, 0.3) is 5.91 Å². The highest BCUT2D eigenvalue weighted by atomic mass is 16.4. The fourth-order valence-electron chi connectivity index (χ4n) is 3.23. The van der Waals surface area contributed by atoms with Gasteiger partial charge in [0.05, 0.1) is 17.8 Å². The summed E-state index contributed by atoms with van der Waals surface area (Å²) in [6.07, 6.45) is 4.01. The van der Waals surface area contributed by atoms with Crippen molar-refractivity contribution in [3.05, 3.63) is 35.5 Å². The predicted octanol–water partition coefficient (Wildman–Crippen LogP) is 2.92. The first-order valence-corrected chi connectivity index (χ1v) is 7.61. The maximum atomic E-state index is 12.5. The van der Waals surface area contributed by atoms with Crippen molar-refractivity contribution in [2.24, 2.45) is 0 Å². The van der Waals surface area contributed by atoms with E-state index in [9.17, 15) is 9.59 Å². The minimum atomic E-state index is -0.822. The molecule has 1 unspecified atom stereocenters. The summed E-state index contributed by atoms with van der Waals surface area (Å²) < 4.78 is 0. The highest BCUT2D eigenvalue weighted by Gasteiger charge is 2.48. The van der Waals surface area contributed by atoms with E-state index in [0.29, 0.717) is 12.8 Å². The molecule has 2 aliphatic rings. The highest BCUT2D eigenvalue weighted by molar-refractivity contribution is 6.08. The van der Waals surface area contributed by atoms with Crippen molar-refractivity contribution in [1.29, 1.82) is 0 Å². The third kappa shape index (κ3) is 2.17. The molecule has 3 rings (SSSR count). The molecular formula is C17H20N2O3. The van der Waals surface area contributed by atoms with E-state index in [2.05, 4.69) is 18.3 Å². The first-order valence-electron chi connectivity index (χ1n) is 7.61. The molecule has 2 aliphatic heterocycles. The second kappa shape index (κ2) is 5.16. The number of carbonyl (C=O) groups excluding carboxylic acids is 1. The van der Waals surface area contributed by atoms with Gasteiger partial charge in [0.15, 0.2) is 0 Å². The monoisotopic (exact) mass is 300 g/mol. The Bertz CT molecular complexity index is 680. The molecule has 5 nitrogen and oxygen atoms in total. The van der Waals surface area contributed by atoms with Gasteiger partial charge in [0, 0.05) is 5.70 Å². The number of carbonyl (C=O) groups is 2. The van der Waals surface area contributed by atoms with Crippen LogP contribution >= 0.6 is 0 Å². The minimum Gasteiger partial charge on any atom is -0.481 e. The van der Waals surface area contributed by atoms with Crippen molar-refractivity contribution in [3.8, 4) is 0 Å². The van der Waals surface area contributed by atoms with Crippen molar-refractivity contribution in [1.82, 2.24) is 0 Å². The fourth-order valence-corrected chi connectivity index (χ4v) is 3.23. The summed E-state index contributed by atoms with van der Waals surface area (Å²) in [4.78, 5) is 25.4. The van der Waals surface area contributed by atoms with Gasteiger partial charge < -0.3 is 15.3 Å². The van der Waals surface area contributed by atoms with Crippen LogP contribution in [0.1, 0.15) is 38.7 Å². The Morgan fingerprint density at radius 1 is 1.45 bits per heavy atom. The SMILES string of the molecule is CCc1ccc2c(c1)NC(=O)C1(C)CC=C(CCC(=O)O)N21. The molecule has 0 aromatic heterocycles. The molecule has 0 radical (unpaired) electrons. The number of aryl methyl sites for hydroxylation is 1. The molecule has 22 heavy (non-hydrogen) atoms. The number of nitrogens with zero attached hydrogens (tertiary/aromatic N) is 1. The third-order valence-electron chi connectivity index (χ3n) is 4.56. The van der Waals surface area contributed by atoms with Crippen LogP contribution in [0.15, 0.2) is 30.0 Å². The number of hydrogen-bond donors (Lipinski definition) is 2. The number of fused-ring (bicyclic) bond motifs is 3. The zero-order valence-electron chi connectivity index (χ0n) is 12.8. The van der Waals surface area contributed by atoms with E-state index in [1.807, 2.05) is 30.0 Å². The molecule has 2 N–H and O–H groups in total. The Hall–Kier alpha value is -2.30. The zero-order valence-corrected chi connectivity index (χ0v) is 12.8. The molecule has 1 aromatic rings. The van der Waals surface area contributed by atoms with Crippen LogP contribution in [0.5, 0.6) is 0 Å². The Morgan fingerprint density at radius 2 is 2.23 bits per heavy atom. The number of aliphatic carboxylic acids is 1. The van der Waals surface area contributed by atoms with Crippen LogP contribution in [0.2, 0.25) is 0 Å². The topological polar surface area (TPSA) is 69.6 Å². The van der Waals surface area contributed by atoms with Gasteiger partial charge in [-0.1, -0.05) is 19.1 Å². The Labute approximate surface area is 129 Å². The van der Waals surface area contributed by atoms with Gasteiger partial charge in [0.1, 0.15) is 5.54 Å². The number of amides is 1. The molecule has 0 aliphatic carbocycles. The molecule has 116 valence electrons. The van der Waals surface area contributed by atoms with Crippen LogP contribution in [-0.2, 0) is 16.0 Å². The van der Waals surface area contributed by atoms with E-state index in [4.69, 9.17) is 5.11 Å². The van der Waals surface area contributed by atoms with Gasteiger partial charge in [-0.3, -0.25) is 9.59 Å². The molecule has 0 spiro atoms. The lowest BCUT2D eigenvalue weighted by Crippen LogP contribution is -2.54. The molecule has 1 atom stereocenters. The summed E-state index contributed by atoms with van der Waals surface area (Å²) in [6.45, 7) is 3.98. The lowest BCUT2D eigenvalue weighted by molar-refractivity contribution is -0.136. The van der Waals surface area contributed by atoms with Crippen molar-refractivity contribution in [3.63, 3.8) is 0 Å². The third-order valence-corrected chi connectivity index (χ3v) is 4.56. The predicted molar refractivity (Wildman–Crippen MR) is 84.9 cm³/mol. The Balaban J connectivity index is 2.01. The van der Waals surface area contributed by atoms with E-state index < -0.39 is 11.5 Å². The van der Waals surface area contributed by atoms with Crippen molar-refractivity contribution in [2.45, 2.75) is 45.1 Å². The number of anilines is 2. The van der Waals surface area contributed by atoms with E-state index in [-0.39, 0.29) is 12.3 Å². The van der Waals surface area contributed by atoms with Gasteiger partial charge in [-0.25, -0.2) is 0 Å². The standard InChI is InChI=1S/C17H20N2O3/c1-3-11-4-6-14-13(10-11)18-16(22)17(2)9-8-12(19(14)17)5-7-15(20)21/h4,6,8,10H,3,5,7,9H2,1-2H3,(H,18,22)(H,20,21). The first-order chi connectivity index (χ1) is 10.5. The quantitative estimate of drug-likeness (QED) is 0.897. The van der Waals surface area contributed by atoms with Gasteiger partial charge >= 0.3 is 5.97 Å². The second-order valence-electron chi connectivity index (χ2n) is 6.06. The van der Waals surface area contributed by atoms with E-state index in [1.54, 1.807) is 0 Å².